The normalized spacial score (nSPS) is 16.9. The maximum atomic E-state index is 13.5. The zero-order valence-electron chi connectivity index (χ0n) is 17.4. The van der Waals surface area contributed by atoms with Crippen molar-refractivity contribution in [1.29, 1.82) is 5.26 Å². The second-order valence-electron chi connectivity index (χ2n) is 8.95. The second-order valence-corrected chi connectivity index (χ2v) is 9.97. The predicted octanol–water partition coefficient (Wildman–Crippen LogP) is 3.43. The van der Waals surface area contributed by atoms with E-state index in [2.05, 4.69) is 35.6 Å². The lowest BCUT2D eigenvalue weighted by Gasteiger charge is -2.31. The molecule has 0 saturated heterocycles. The van der Waals surface area contributed by atoms with Gasteiger partial charge in [-0.15, -0.1) is 0 Å². The molecule has 0 bridgehead atoms. The number of amides is 1. The van der Waals surface area contributed by atoms with E-state index >= 15 is 0 Å². The van der Waals surface area contributed by atoms with Crippen molar-refractivity contribution in [2.45, 2.75) is 39.8 Å². The van der Waals surface area contributed by atoms with Crippen molar-refractivity contribution in [3.63, 3.8) is 0 Å². The van der Waals surface area contributed by atoms with Crippen LogP contribution in [-0.4, -0.2) is 31.9 Å². The molecule has 1 aliphatic heterocycles. The summed E-state index contributed by atoms with van der Waals surface area (Å²) in [4.78, 5) is 15.2. The summed E-state index contributed by atoms with van der Waals surface area (Å²) < 4.78 is 4.38. The molecule has 0 atom stereocenters. The largest absolute Gasteiger partial charge is 0.392 e. The molecule has 2 aromatic heterocycles. The van der Waals surface area contributed by atoms with E-state index in [1.807, 2.05) is 40.8 Å². The molecule has 7 nitrogen and oxygen atoms in total. The number of nitrogens with zero attached hydrogens (tertiary/aromatic N) is 5. The predicted molar refractivity (Wildman–Crippen MR) is 124 cm³/mol. The number of hydrogen-bond donors (Lipinski definition) is 1. The van der Waals surface area contributed by atoms with Gasteiger partial charge in [0.1, 0.15) is 21.0 Å². The molecule has 1 aliphatic carbocycles. The fourth-order valence-electron chi connectivity index (χ4n) is 4.88. The molecule has 8 heteroatoms. The zero-order valence-corrected chi connectivity index (χ0v) is 19.5. The molecule has 31 heavy (non-hydrogen) atoms. The summed E-state index contributed by atoms with van der Waals surface area (Å²) in [6.45, 7) is 5.58. The lowest BCUT2D eigenvalue weighted by Crippen LogP contribution is -2.41. The Kier molecular flexibility index (Phi) is 4.71. The van der Waals surface area contributed by atoms with E-state index in [9.17, 15) is 15.2 Å². The number of nitriles is 1. The van der Waals surface area contributed by atoms with Gasteiger partial charge in [-0.05, 0) is 64.6 Å². The van der Waals surface area contributed by atoms with Crippen LogP contribution in [0.15, 0.2) is 30.5 Å². The first-order chi connectivity index (χ1) is 14.8. The van der Waals surface area contributed by atoms with Crippen molar-refractivity contribution >= 4 is 34.2 Å². The summed E-state index contributed by atoms with van der Waals surface area (Å²) in [6.07, 6.45) is 3.63. The van der Waals surface area contributed by atoms with Gasteiger partial charge in [0, 0.05) is 30.5 Å². The van der Waals surface area contributed by atoms with Crippen LogP contribution in [0.1, 0.15) is 46.7 Å². The van der Waals surface area contributed by atoms with E-state index in [0.29, 0.717) is 32.7 Å². The molecule has 0 radical (unpaired) electrons. The highest BCUT2D eigenvalue weighted by molar-refractivity contribution is 14.1. The van der Waals surface area contributed by atoms with E-state index in [0.717, 1.165) is 25.1 Å². The molecular weight excluding hydrogens is 505 g/mol. The summed E-state index contributed by atoms with van der Waals surface area (Å²) in [7, 11) is 0. The minimum atomic E-state index is -0.237. The minimum Gasteiger partial charge on any atom is -0.392 e. The Hall–Kier alpha value is -2.64. The van der Waals surface area contributed by atoms with Crippen LogP contribution in [0.25, 0.3) is 5.69 Å². The molecule has 2 aliphatic rings. The number of aliphatic hydroxyl groups excluding tert-OH is 1. The molecule has 158 valence electrons. The summed E-state index contributed by atoms with van der Waals surface area (Å²) in [5.41, 5.74) is 5.98. The number of anilines is 1. The molecule has 3 heterocycles. The van der Waals surface area contributed by atoms with Gasteiger partial charge in [0.05, 0.1) is 18.0 Å². The molecule has 0 fully saturated rings. The van der Waals surface area contributed by atoms with E-state index in [4.69, 9.17) is 0 Å². The van der Waals surface area contributed by atoms with Crippen molar-refractivity contribution in [1.82, 2.24) is 14.3 Å². The third-order valence-electron chi connectivity index (χ3n) is 6.24. The van der Waals surface area contributed by atoms with Crippen LogP contribution in [0, 0.1) is 20.4 Å². The summed E-state index contributed by atoms with van der Waals surface area (Å²) in [6, 6.07) is 9.73. The second kappa shape index (κ2) is 7.21. The molecule has 1 aromatic carbocycles. The van der Waals surface area contributed by atoms with E-state index in [1.54, 1.807) is 15.8 Å². The molecule has 3 aromatic rings. The average molecular weight is 527 g/mol. The highest BCUT2D eigenvalue weighted by Crippen LogP contribution is 2.40. The number of rotatable bonds is 3. The van der Waals surface area contributed by atoms with Crippen LogP contribution in [0.3, 0.4) is 0 Å². The van der Waals surface area contributed by atoms with E-state index < -0.39 is 0 Å². The van der Waals surface area contributed by atoms with E-state index in [1.165, 1.54) is 11.3 Å². The van der Waals surface area contributed by atoms with Crippen LogP contribution in [-0.2, 0) is 26.0 Å². The monoisotopic (exact) mass is 527 g/mol. The van der Waals surface area contributed by atoms with Crippen molar-refractivity contribution in [2.75, 3.05) is 11.4 Å². The maximum absolute atomic E-state index is 13.5. The number of fused-ring (bicyclic) bond motifs is 3. The highest BCUT2D eigenvalue weighted by atomic mass is 127. The molecule has 0 spiro atoms. The van der Waals surface area contributed by atoms with Crippen LogP contribution in [0.5, 0.6) is 0 Å². The van der Waals surface area contributed by atoms with Gasteiger partial charge in [-0.3, -0.25) is 4.79 Å². The Balaban J connectivity index is 1.55. The smallest absolute Gasteiger partial charge is 0.274 e. The third kappa shape index (κ3) is 3.18. The Morgan fingerprint density at radius 2 is 2.03 bits per heavy atom. The number of carbonyl (C=O) groups excluding carboxylic acids is 1. The standard InChI is InChI=1S/C23H22IN5O2/c1-23(2)9-14-8-19-22(31)28(7-6-27(19)20(14)10-23)17-4-3-5-18(16(17)13-30)29-12-15(11-25)21(24)26-29/h3-5,8,12,30H,6-7,9-10,13H2,1-2H3. The van der Waals surface area contributed by atoms with Gasteiger partial charge in [-0.1, -0.05) is 19.9 Å². The molecule has 0 saturated carbocycles. The number of benzene rings is 1. The highest BCUT2D eigenvalue weighted by Gasteiger charge is 2.37. The average Bonchev–Trinajstić information content (AvgIpc) is 3.37. The van der Waals surface area contributed by atoms with E-state index in [-0.39, 0.29) is 17.9 Å². The van der Waals surface area contributed by atoms with Crippen LogP contribution in [0.4, 0.5) is 5.69 Å². The van der Waals surface area contributed by atoms with Gasteiger partial charge in [0.15, 0.2) is 0 Å². The van der Waals surface area contributed by atoms with Gasteiger partial charge in [-0.2, -0.15) is 10.4 Å². The Morgan fingerprint density at radius 1 is 1.26 bits per heavy atom. The molecule has 0 unspecified atom stereocenters. The van der Waals surface area contributed by atoms with Gasteiger partial charge in [0.25, 0.3) is 5.91 Å². The number of aliphatic hydroxyl groups is 1. The summed E-state index contributed by atoms with van der Waals surface area (Å²) in [5.74, 6) is -0.0435. The van der Waals surface area contributed by atoms with Crippen molar-refractivity contribution in [3.05, 3.63) is 62.2 Å². The first kappa shape index (κ1) is 20.3. The first-order valence-electron chi connectivity index (χ1n) is 10.2. The Labute approximate surface area is 194 Å². The minimum absolute atomic E-state index is 0.0435. The van der Waals surface area contributed by atoms with Crippen LogP contribution < -0.4 is 4.90 Å². The summed E-state index contributed by atoms with van der Waals surface area (Å²) >= 11 is 2.02. The molecule has 5 rings (SSSR count). The fourth-order valence-corrected chi connectivity index (χ4v) is 5.38. The number of hydrogen-bond acceptors (Lipinski definition) is 4. The van der Waals surface area contributed by atoms with Crippen molar-refractivity contribution < 1.29 is 9.90 Å². The molecule has 1 N–H and O–H groups in total. The van der Waals surface area contributed by atoms with Gasteiger partial charge < -0.3 is 14.6 Å². The number of aromatic nitrogens is 3. The first-order valence-corrected chi connectivity index (χ1v) is 11.3. The van der Waals surface area contributed by atoms with Gasteiger partial charge in [-0.25, -0.2) is 4.68 Å². The Morgan fingerprint density at radius 3 is 2.74 bits per heavy atom. The SMILES string of the molecule is CC1(C)Cc2cc3n(c2C1)CCN(c1cccc(-n2cc(C#N)c(I)n2)c1CO)C3=O. The zero-order chi connectivity index (χ0) is 21.9. The van der Waals surface area contributed by atoms with Crippen molar-refractivity contribution in [3.8, 4) is 11.8 Å². The van der Waals surface area contributed by atoms with Gasteiger partial charge >= 0.3 is 0 Å². The fraction of sp³-hybridized carbons (Fsp3) is 0.348. The summed E-state index contributed by atoms with van der Waals surface area (Å²) in [5, 5.41) is 23.9. The van der Waals surface area contributed by atoms with Crippen LogP contribution >= 0.6 is 22.6 Å². The van der Waals surface area contributed by atoms with Crippen molar-refractivity contribution in [2.24, 2.45) is 5.41 Å². The Bertz CT molecular complexity index is 1260. The number of carbonyl (C=O) groups is 1. The molecule has 1 amide bonds. The third-order valence-corrected chi connectivity index (χ3v) is 7.03. The topological polar surface area (TPSA) is 87.1 Å². The quantitative estimate of drug-likeness (QED) is 0.529. The number of halogens is 1. The van der Waals surface area contributed by atoms with Crippen LogP contribution in [0.2, 0.25) is 0 Å². The van der Waals surface area contributed by atoms with Gasteiger partial charge in [0.2, 0.25) is 0 Å². The lowest BCUT2D eigenvalue weighted by molar-refractivity contribution is 0.0963. The lowest BCUT2D eigenvalue weighted by atomic mass is 9.90. The maximum Gasteiger partial charge on any atom is 0.274 e. The molecular formula is C23H22IN5O2.